The summed E-state index contributed by atoms with van der Waals surface area (Å²) in [5.41, 5.74) is 1.99. The van der Waals surface area contributed by atoms with Crippen LogP contribution in [0.3, 0.4) is 0 Å². The number of fused-ring (bicyclic) bond motifs is 1. The topological polar surface area (TPSA) is 49.8 Å². The van der Waals surface area contributed by atoms with Crippen LogP contribution < -0.4 is 9.64 Å². The summed E-state index contributed by atoms with van der Waals surface area (Å²) >= 11 is 0. The molecule has 0 aromatic heterocycles. The molecule has 0 amide bonds. The molecule has 0 saturated carbocycles. The van der Waals surface area contributed by atoms with Crippen LogP contribution in [0.2, 0.25) is 0 Å². The molecule has 0 aliphatic carbocycles. The molecule has 0 spiro atoms. The zero-order valence-electron chi connectivity index (χ0n) is 12.8. The second-order valence-electron chi connectivity index (χ2n) is 6.23. The highest BCUT2D eigenvalue weighted by Gasteiger charge is 2.40. The largest absolute Gasteiger partial charge is 0.497 e. The lowest BCUT2D eigenvalue weighted by Crippen LogP contribution is -2.55. The molecular formula is C16H23NO3. The summed E-state index contributed by atoms with van der Waals surface area (Å²) in [6.07, 6.45) is 0.921. The summed E-state index contributed by atoms with van der Waals surface area (Å²) in [5, 5.41) is 9.39. The molecule has 2 rings (SSSR count). The Hall–Kier alpha value is -1.71. The van der Waals surface area contributed by atoms with Crippen LogP contribution in [0.15, 0.2) is 18.2 Å². The Bertz CT molecular complexity index is 524. The molecule has 20 heavy (non-hydrogen) atoms. The van der Waals surface area contributed by atoms with Crippen molar-refractivity contribution in [1.82, 2.24) is 0 Å². The summed E-state index contributed by atoms with van der Waals surface area (Å²) in [7, 11) is 1.65. The first-order valence-electron chi connectivity index (χ1n) is 6.98. The first-order chi connectivity index (χ1) is 9.27. The van der Waals surface area contributed by atoms with Gasteiger partial charge in [0.15, 0.2) is 0 Å². The SMILES string of the molecule is COc1ccc2c(c1)[C@H](C)CC(C)(C)N2[C@@H](C)C(=O)O. The normalized spacial score (nSPS) is 22.1. The number of carbonyl (C=O) groups is 1. The number of nitrogens with zero attached hydrogens (tertiary/aromatic N) is 1. The fourth-order valence-electron chi connectivity index (χ4n) is 3.40. The maximum atomic E-state index is 11.4. The molecule has 4 nitrogen and oxygen atoms in total. The van der Waals surface area contributed by atoms with E-state index < -0.39 is 12.0 Å². The van der Waals surface area contributed by atoms with Gasteiger partial charge in [-0.05, 0) is 56.9 Å². The van der Waals surface area contributed by atoms with Crippen molar-refractivity contribution in [3.63, 3.8) is 0 Å². The van der Waals surface area contributed by atoms with Crippen molar-refractivity contribution in [1.29, 1.82) is 0 Å². The molecule has 0 radical (unpaired) electrons. The average Bonchev–Trinajstić information content (AvgIpc) is 2.37. The maximum Gasteiger partial charge on any atom is 0.326 e. The van der Waals surface area contributed by atoms with E-state index in [1.165, 1.54) is 0 Å². The van der Waals surface area contributed by atoms with Crippen molar-refractivity contribution >= 4 is 11.7 Å². The first kappa shape index (κ1) is 14.7. The smallest absolute Gasteiger partial charge is 0.326 e. The Kier molecular flexibility index (Phi) is 3.67. The number of rotatable bonds is 3. The van der Waals surface area contributed by atoms with Gasteiger partial charge in [-0.2, -0.15) is 0 Å². The van der Waals surface area contributed by atoms with Gasteiger partial charge in [0.1, 0.15) is 11.8 Å². The van der Waals surface area contributed by atoms with Gasteiger partial charge in [0.2, 0.25) is 0 Å². The third-order valence-corrected chi connectivity index (χ3v) is 4.23. The molecule has 1 aromatic carbocycles. The molecule has 0 fully saturated rings. The first-order valence-corrected chi connectivity index (χ1v) is 6.98. The van der Waals surface area contributed by atoms with E-state index in [1.54, 1.807) is 14.0 Å². The number of aliphatic carboxylic acids is 1. The molecule has 0 saturated heterocycles. The molecule has 0 unspecified atom stereocenters. The maximum absolute atomic E-state index is 11.4. The van der Waals surface area contributed by atoms with Crippen LogP contribution in [0, 0.1) is 0 Å². The van der Waals surface area contributed by atoms with Crippen molar-refractivity contribution in [2.45, 2.75) is 51.6 Å². The van der Waals surface area contributed by atoms with Gasteiger partial charge in [-0.1, -0.05) is 6.92 Å². The van der Waals surface area contributed by atoms with Crippen molar-refractivity contribution in [2.75, 3.05) is 12.0 Å². The number of carboxylic acid groups (broad SMARTS) is 1. The van der Waals surface area contributed by atoms with Gasteiger partial charge in [-0.3, -0.25) is 0 Å². The lowest BCUT2D eigenvalue weighted by molar-refractivity contribution is -0.138. The van der Waals surface area contributed by atoms with Gasteiger partial charge in [0.05, 0.1) is 7.11 Å². The lowest BCUT2D eigenvalue weighted by Gasteiger charge is -2.49. The molecule has 2 atom stereocenters. The van der Waals surface area contributed by atoms with Crippen molar-refractivity contribution < 1.29 is 14.6 Å². The minimum absolute atomic E-state index is 0.182. The zero-order chi connectivity index (χ0) is 15.1. The summed E-state index contributed by atoms with van der Waals surface area (Å²) in [6.45, 7) is 8.14. The fourth-order valence-corrected chi connectivity index (χ4v) is 3.40. The minimum Gasteiger partial charge on any atom is -0.497 e. The molecule has 1 aliphatic rings. The Morgan fingerprint density at radius 2 is 2.15 bits per heavy atom. The zero-order valence-corrected chi connectivity index (χ0v) is 12.8. The number of ether oxygens (including phenoxy) is 1. The van der Waals surface area contributed by atoms with Crippen LogP contribution in [0.4, 0.5) is 5.69 Å². The van der Waals surface area contributed by atoms with Crippen molar-refractivity contribution in [2.24, 2.45) is 0 Å². The summed E-state index contributed by atoms with van der Waals surface area (Å²) in [4.78, 5) is 13.5. The van der Waals surface area contributed by atoms with Crippen LogP contribution in [-0.2, 0) is 4.79 Å². The highest BCUT2D eigenvalue weighted by atomic mass is 16.5. The number of benzene rings is 1. The Morgan fingerprint density at radius 3 is 2.70 bits per heavy atom. The second kappa shape index (κ2) is 5.00. The number of methoxy groups -OCH3 is 1. The Labute approximate surface area is 120 Å². The van der Waals surface area contributed by atoms with E-state index in [-0.39, 0.29) is 5.54 Å². The molecule has 4 heteroatoms. The van der Waals surface area contributed by atoms with E-state index in [0.717, 1.165) is 23.4 Å². The van der Waals surface area contributed by atoms with Crippen LogP contribution >= 0.6 is 0 Å². The van der Waals surface area contributed by atoms with E-state index in [9.17, 15) is 9.90 Å². The second-order valence-corrected chi connectivity index (χ2v) is 6.23. The summed E-state index contributed by atoms with van der Waals surface area (Å²) < 4.78 is 5.29. The third kappa shape index (κ3) is 2.35. The van der Waals surface area contributed by atoms with Gasteiger partial charge in [-0.25, -0.2) is 4.79 Å². The predicted octanol–water partition coefficient (Wildman–Crippen LogP) is 3.26. The van der Waals surface area contributed by atoms with Gasteiger partial charge >= 0.3 is 5.97 Å². The summed E-state index contributed by atoms with van der Waals surface area (Å²) in [6, 6.07) is 5.35. The molecule has 110 valence electrons. The van der Waals surface area contributed by atoms with Crippen LogP contribution in [0.5, 0.6) is 5.75 Å². The monoisotopic (exact) mass is 277 g/mol. The van der Waals surface area contributed by atoms with Crippen LogP contribution in [0.25, 0.3) is 0 Å². The van der Waals surface area contributed by atoms with E-state index in [4.69, 9.17) is 4.74 Å². The Morgan fingerprint density at radius 1 is 1.50 bits per heavy atom. The highest BCUT2D eigenvalue weighted by molar-refractivity contribution is 5.79. The van der Waals surface area contributed by atoms with Crippen molar-refractivity contribution in [3.8, 4) is 5.75 Å². The molecule has 1 N–H and O–H groups in total. The van der Waals surface area contributed by atoms with Gasteiger partial charge in [-0.15, -0.1) is 0 Å². The standard InChI is InChI=1S/C16H23NO3/c1-10-9-16(3,4)17(11(2)15(18)19)14-7-6-12(20-5)8-13(10)14/h6-8,10-11H,9H2,1-5H3,(H,18,19)/t10-,11+/m1/s1. The van der Waals surface area contributed by atoms with Gasteiger partial charge in [0.25, 0.3) is 0 Å². The minimum atomic E-state index is -0.797. The van der Waals surface area contributed by atoms with Gasteiger partial charge in [0, 0.05) is 11.2 Å². The number of hydrogen-bond acceptors (Lipinski definition) is 3. The average molecular weight is 277 g/mol. The predicted molar refractivity (Wildman–Crippen MR) is 79.7 cm³/mol. The number of hydrogen-bond donors (Lipinski definition) is 1. The Balaban J connectivity index is 2.56. The van der Waals surface area contributed by atoms with Gasteiger partial charge < -0.3 is 14.7 Å². The van der Waals surface area contributed by atoms with E-state index in [2.05, 4.69) is 20.8 Å². The molecular weight excluding hydrogens is 254 g/mol. The molecule has 0 bridgehead atoms. The van der Waals surface area contributed by atoms with Crippen LogP contribution in [-0.4, -0.2) is 29.8 Å². The fraction of sp³-hybridized carbons (Fsp3) is 0.562. The van der Waals surface area contributed by atoms with E-state index in [1.807, 2.05) is 23.1 Å². The quantitative estimate of drug-likeness (QED) is 0.921. The molecule has 1 aliphatic heterocycles. The lowest BCUT2D eigenvalue weighted by atomic mass is 9.79. The highest BCUT2D eigenvalue weighted by Crippen LogP contribution is 2.45. The summed E-state index contributed by atoms with van der Waals surface area (Å²) in [5.74, 6) is 0.403. The van der Waals surface area contributed by atoms with Crippen LogP contribution in [0.1, 0.15) is 45.6 Å². The molecule has 1 aromatic rings. The van der Waals surface area contributed by atoms with E-state index >= 15 is 0 Å². The van der Waals surface area contributed by atoms with Crippen molar-refractivity contribution in [3.05, 3.63) is 23.8 Å². The van der Waals surface area contributed by atoms with E-state index in [0.29, 0.717) is 5.92 Å². The molecule has 1 heterocycles. The number of anilines is 1. The number of carboxylic acids is 1. The third-order valence-electron chi connectivity index (χ3n) is 4.23.